The fourth-order valence-electron chi connectivity index (χ4n) is 1.21. The zero-order valence-electron chi connectivity index (χ0n) is 11.6. The molecule has 0 aromatic carbocycles. The zero-order chi connectivity index (χ0) is 13.1. The Balaban J connectivity index is 2.45. The van der Waals surface area contributed by atoms with E-state index in [1.807, 2.05) is 12.1 Å². The van der Waals surface area contributed by atoms with Crippen molar-refractivity contribution in [1.29, 1.82) is 0 Å². The van der Waals surface area contributed by atoms with Crippen LogP contribution in [0.4, 0.5) is 5.69 Å². The second-order valence-electron chi connectivity index (χ2n) is 5.94. The lowest BCUT2D eigenvalue weighted by Gasteiger charge is -2.36. The summed E-state index contributed by atoms with van der Waals surface area (Å²) in [5.41, 5.74) is 7.34. The first kappa shape index (κ1) is 14.2. The number of nitrogens with two attached hydrogens (primary N) is 1. The molecule has 0 fully saturated rings. The predicted molar refractivity (Wildman–Crippen MR) is 75.5 cm³/mol. The molecule has 1 aromatic heterocycles. The number of aromatic nitrogens is 1. The van der Waals surface area contributed by atoms with Gasteiger partial charge in [0, 0.05) is 18.7 Å². The van der Waals surface area contributed by atoms with Crippen molar-refractivity contribution in [3.63, 3.8) is 0 Å². The first-order chi connectivity index (χ1) is 7.72. The smallest absolute Gasteiger partial charge is 0.191 e. The average Bonchev–Trinajstić information content (AvgIpc) is 2.19. The van der Waals surface area contributed by atoms with E-state index in [4.69, 9.17) is 10.2 Å². The minimum Gasteiger partial charge on any atom is -0.416 e. The lowest BCUT2D eigenvalue weighted by atomic mass is 10.2. The van der Waals surface area contributed by atoms with Crippen LogP contribution >= 0.6 is 0 Å². The van der Waals surface area contributed by atoms with Crippen LogP contribution in [0.5, 0.6) is 0 Å². The summed E-state index contributed by atoms with van der Waals surface area (Å²) in [4.78, 5) is 4.27. The average molecular weight is 252 g/mol. The van der Waals surface area contributed by atoms with E-state index in [1.54, 1.807) is 6.20 Å². The summed E-state index contributed by atoms with van der Waals surface area (Å²) >= 11 is 0. The Hall–Kier alpha value is -0.873. The van der Waals surface area contributed by atoms with Gasteiger partial charge in [-0.15, -0.1) is 0 Å². The van der Waals surface area contributed by atoms with E-state index in [2.05, 4.69) is 38.8 Å². The van der Waals surface area contributed by atoms with E-state index in [9.17, 15) is 0 Å². The summed E-state index contributed by atoms with van der Waals surface area (Å²) in [6.07, 6.45) is 2.55. The Morgan fingerprint density at radius 1 is 1.29 bits per heavy atom. The molecule has 2 N–H and O–H groups in total. The van der Waals surface area contributed by atoms with Gasteiger partial charge in [0.1, 0.15) is 0 Å². The number of hydrogen-bond acceptors (Lipinski definition) is 3. The first-order valence-corrected chi connectivity index (χ1v) is 8.97. The van der Waals surface area contributed by atoms with Crippen molar-refractivity contribution in [2.75, 3.05) is 12.3 Å². The third-order valence-electron chi connectivity index (χ3n) is 3.47. The highest BCUT2D eigenvalue weighted by molar-refractivity contribution is 6.74. The molecule has 17 heavy (non-hydrogen) atoms. The molecule has 0 radical (unpaired) electrons. The van der Waals surface area contributed by atoms with E-state index in [-0.39, 0.29) is 5.04 Å². The quantitative estimate of drug-likeness (QED) is 0.837. The van der Waals surface area contributed by atoms with Crippen molar-refractivity contribution in [3.8, 4) is 0 Å². The van der Waals surface area contributed by atoms with Crippen molar-refractivity contribution >= 4 is 14.0 Å². The SMILES string of the molecule is CC(C)(C)[Si](C)(C)OCCc1ccc(N)cn1. The molecule has 1 heterocycles. The van der Waals surface area contributed by atoms with Gasteiger partial charge in [0.25, 0.3) is 0 Å². The maximum atomic E-state index is 6.10. The lowest BCUT2D eigenvalue weighted by Crippen LogP contribution is -2.41. The molecule has 0 saturated carbocycles. The highest BCUT2D eigenvalue weighted by atomic mass is 28.4. The van der Waals surface area contributed by atoms with E-state index in [1.165, 1.54) is 0 Å². The summed E-state index contributed by atoms with van der Waals surface area (Å²) in [7, 11) is -1.62. The highest BCUT2D eigenvalue weighted by Crippen LogP contribution is 2.36. The number of hydrogen-bond donors (Lipinski definition) is 1. The molecule has 0 aliphatic carbocycles. The molecule has 0 atom stereocenters. The largest absolute Gasteiger partial charge is 0.416 e. The lowest BCUT2D eigenvalue weighted by molar-refractivity contribution is 0.291. The monoisotopic (exact) mass is 252 g/mol. The molecule has 4 heteroatoms. The first-order valence-electron chi connectivity index (χ1n) is 6.07. The molecule has 0 aliphatic heterocycles. The van der Waals surface area contributed by atoms with Gasteiger partial charge in [-0.2, -0.15) is 0 Å². The van der Waals surface area contributed by atoms with Crippen LogP contribution in [0.15, 0.2) is 18.3 Å². The van der Waals surface area contributed by atoms with Crippen LogP contribution in [-0.4, -0.2) is 19.9 Å². The van der Waals surface area contributed by atoms with E-state index >= 15 is 0 Å². The van der Waals surface area contributed by atoms with Crippen molar-refractivity contribution in [3.05, 3.63) is 24.0 Å². The second-order valence-corrected chi connectivity index (χ2v) is 10.8. The van der Waals surface area contributed by atoms with Crippen LogP contribution < -0.4 is 5.73 Å². The van der Waals surface area contributed by atoms with Crippen LogP contribution in [-0.2, 0) is 10.8 Å². The second kappa shape index (κ2) is 5.19. The molecule has 0 saturated heterocycles. The summed E-state index contributed by atoms with van der Waals surface area (Å²) in [6.45, 7) is 12.0. The van der Waals surface area contributed by atoms with Crippen molar-refractivity contribution < 1.29 is 4.43 Å². The molecule has 0 unspecified atom stereocenters. The van der Waals surface area contributed by atoms with Crippen LogP contribution in [0.2, 0.25) is 18.1 Å². The van der Waals surface area contributed by atoms with Gasteiger partial charge < -0.3 is 10.2 Å². The topological polar surface area (TPSA) is 48.1 Å². The number of rotatable bonds is 4. The number of pyridine rings is 1. The van der Waals surface area contributed by atoms with E-state index in [0.717, 1.165) is 18.7 Å². The minimum atomic E-state index is -1.62. The summed E-state index contributed by atoms with van der Waals surface area (Å²) in [5, 5.41) is 0.265. The minimum absolute atomic E-state index is 0.265. The Kier molecular flexibility index (Phi) is 4.33. The standard InChI is InChI=1S/C13H24N2OSi/c1-13(2,3)17(4,5)16-9-8-12-7-6-11(14)10-15-12/h6-7,10H,8-9,14H2,1-5H3. The molecule has 96 valence electrons. The van der Waals surface area contributed by atoms with Crippen LogP contribution in [0.3, 0.4) is 0 Å². The summed E-state index contributed by atoms with van der Waals surface area (Å²) in [5.74, 6) is 0. The van der Waals surface area contributed by atoms with Gasteiger partial charge in [0.2, 0.25) is 0 Å². The molecule has 3 nitrogen and oxygen atoms in total. The normalized spacial score (nSPS) is 12.8. The van der Waals surface area contributed by atoms with E-state index in [0.29, 0.717) is 5.69 Å². The fraction of sp³-hybridized carbons (Fsp3) is 0.615. The molecule has 0 amide bonds. The Morgan fingerprint density at radius 2 is 1.94 bits per heavy atom. The van der Waals surface area contributed by atoms with Crippen molar-refractivity contribution in [2.24, 2.45) is 0 Å². The van der Waals surface area contributed by atoms with Crippen molar-refractivity contribution in [1.82, 2.24) is 4.98 Å². The van der Waals surface area contributed by atoms with Gasteiger partial charge in [-0.3, -0.25) is 4.98 Å². The number of anilines is 1. The fourth-order valence-corrected chi connectivity index (χ4v) is 2.26. The predicted octanol–water partition coefficient (Wildman–Crippen LogP) is 3.23. The molecular formula is C13H24N2OSi. The van der Waals surface area contributed by atoms with Gasteiger partial charge in [0.05, 0.1) is 11.9 Å². The molecule has 0 spiro atoms. The number of nitrogens with zero attached hydrogens (tertiary/aromatic N) is 1. The van der Waals surface area contributed by atoms with Gasteiger partial charge in [-0.25, -0.2) is 0 Å². The summed E-state index contributed by atoms with van der Waals surface area (Å²) < 4.78 is 6.10. The molecule has 1 rings (SSSR count). The summed E-state index contributed by atoms with van der Waals surface area (Å²) in [6, 6.07) is 3.85. The third kappa shape index (κ3) is 4.13. The molecule has 1 aromatic rings. The molecular weight excluding hydrogens is 228 g/mol. The van der Waals surface area contributed by atoms with E-state index < -0.39 is 8.32 Å². The van der Waals surface area contributed by atoms with Crippen LogP contribution in [0.25, 0.3) is 0 Å². The maximum Gasteiger partial charge on any atom is 0.191 e. The van der Waals surface area contributed by atoms with Crippen molar-refractivity contribution in [2.45, 2.75) is 45.3 Å². The Labute approximate surface area is 106 Å². The van der Waals surface area contributed by atoms with Crippen LogP contribution in [0.1, 0.15) is 26.5 Å². The Morgan fingerprint density at radius 3 is 2.41 bits per heavy atom. The highest BCUT2D eigenvalue weighted by Gasteiger charge is 2.36. The van der Waals surface area contributed by atoms with Gasteiger partial charge in [-0.05, 0) is 30.3 Å². The van der Waals surface area contributed by atoms with Gasteiger partial charge >= 0.3 is 0 Å². The Bertz CT molecular complexity index is 355. The molecule has 0 aliphatic rings. The third-order valence-corrected chi connectivity index (χ3v) is 8.01. The van der Waals surface area contributed by atoms with Gasteiger partial charge in [0.15, 0.2) is 8.32 Å². The molecule has 0 bridgehead atoms. The zero-order valence-corrected chi connectivity index (χ0v) is 12.6. The maximum absolute atomic E-state index is 6.10. The van der Waals surface area contributed by atoms with Crippen LogP contribution in [0, 0.1) is 0 Å². The van der Waals surface area contributed by atoms with Gasteiger partial charge in [-0.1, -0.05) is 20.8 Å². The number of nitrogen functional groups attached to an aromatic ring is 1.